The van der Waals surface area contributed by atoms with Crippen LogP contribution in [-0.4, -0.2) is 28.2 Å². The van der Waals surface area contributed by atoms with Gasteiger partial charge in [0.2, 0.25) is 0 Å². The van der Waals surface area contributed by atoms with E-state index in [1.165, 1.54) is 0 Å². The monoisotopic (exact) mass is 225 g/mol. The molecule has 1 atom stereocenters. The molecule has 4 N–H and O–H groups in total. The zero-order valence-electron chi connectivity index (χ0n) is 9.55. The van der Waals surface area contributed by atoms with Crippen molar-refractivity contribution in [1.82, 2.24) is 15.3 Å². The summed E-state index contributed by atoms with van der Waals surface area (Å²) in [5.74, 6) is 0.550. The second kappa shape index (κ2) is 4.84. The minimum Gasteiger partial charge on any atom is -0.387 e. The maximum Gasteiger partial charge on any atom is 0.323 e. The van der Waals surface area contributed by atoms with E-state index in [0.717, 1.165) is 38.0 Å². The maximum atomic E-state index is 11.1. The summed E-state index contributed by atoms with van der Waals surface area (Å²) >= 11 is 0. The number of aryl methyl sites for hydroxylation is 1. The van der Waals surface area contributed by atoms with Gasteiger partial charge in [-0.05, 0) is 45.2 Å². The summed E-state index contributed by atoms with van der Waals surface area (Å²) in [7, 11) is 0. The third-order valence-corrected chi connectivity index (χ3v) is 3.30. The van der Waals surface area contributed by atoms with Gasteiger partial charge in [0.1, 0.15) is 0 Å². The fourth-order valence-electron chi connectivity index (χ4n) is 2.37. The highest BCUT2D eigenvalue weighted by Gasteiger charge is 2.20. The first-order valence-electron chi connectivity index (χ1n) is 5.84. The van der Waals surface area contributed by atoms with E-state index in [9.17, 15) is 9.90 Å². The van der Waals surface area contributed by atoms with E-state index < -0.39 is 6.10 Å². The van der Waals surface area contributed by atoms with Crippen molar-refractivity contribution >= 4 is 0 Å². The minimum atomic E-state index is -0.554. The molecule has 1 unspecified atom stereocenters. The van der Waals surface area contributed by atoms with Crippen molar-refractivity contribution in [2.75, 3.05) is 13.1 Å². The lowest BCUT2D eigenvalue weighted by atomic mass is 9.91. The quantitative estimate of drug-likeness (QED) is 0.602. The van der Waals surface area contributed by atoms with Crippen LogP contribution in [0, 0.1) is 12.8 Å². The maximum absolute atomic E-state index is 11.1. The smallest absolute Gasteiger partial charge is 0.323 e. The second-order valence-electron chi connectivity index (χ2n) is 4.56. The van der Waals surface area contributed by atoms with E-state index in [-0.39, 0.29) is 5.69 Å². The van der Waals surface area contributed by atoms with Gasteiger partial charge in [0.15, 0.2) is 0 Å². The molecule has 0 aromatic carbocycles. The highest BCUT2D eigenvalue weighted by atomic mass is 16.3. The van der Waals surface area contributed by atoms with Crippen LogP contribution in [0.2, 0.25) is 0 Å². The van der Waals surface area contributed by atoms with Gasteiger partial charge >= 0.3 is 5.69 Å². The van der Waals surface area contributed by atoms with Gasteiger partial charge in [-0.2, -0.15) is 0 Å². The lowest BCUT2D eigenvalue weighted by molar-refractivity contribution is 0.129. The van der Waals surface area contributed by atoms with Crippen LogP contribution in [0.15, 0.2) is 4.79 Å². The molecule has 5 nitrogen and oxygen atoms in total. The Bertz CT molecular complexity index is 390. The normalized spacial score (nSPS) is 19.9. The third-order valence-electron chi connectivity index (χ3n) is 3.30. The molecule has 1 aliphatic rings. The molecule has 0 amide bonds. The number of aliphatic hydroxyl groups excluding tert-OH is 1. The molecule has 1 aromatic rings. The van der Waals surface area contributed by atoms with Gasteiger partial charge in [0.05, 0.1) is 11.8 Å². The largest absolute Gasteiger partial charge is 0.387 e. The molecular weight excluding hydrogens is 206 g/mol. The number of aliphatic hydroxyl groups is 1. The molecule has 1 aliphatic heterocycles. The first kappa shape index (κ1) is 11.4. The molecule has 0 radical (unpaired) electrons. The molecular formula is C11H19N3O2. The van der Waals surface area contributed by atoms with Crippen LogP contribution in [0.3, 0.4) is 0 Å². The fraction of sp³-hybridized carbons (Fsp3) is 0.727. The predicted molar refractivity (Wildman–Crippen MR) is 61.3 cm³/mol. The van der Waals surface area contributed by atoms with Crippen LogP contribution < -0.4 is 11.0 Å². The molecule has 16 heavy (non-hydrogen) atoms. The summed E-state index contributed by atoms with van der Waals surface area (Å²) in [5.41, 5.74) is 1.15. The average Bonchev–Trinajstić information content (AvgIpc) is 2.59. The minimum absolute atomic E-state index is 0.239. The highest BCUT2D eigenvalue weighted by Crippen LogP contribution is 2.25. The fourth-order valence-corrected chi connectivity index (χ4v) is 2.37. The average molecular weight is 225 g/mol. The molecule has 2 heterocycles. The topological polar surface area (TPSA) is 80.9 Å². The summed E-state index contributed by atoms with van der Waals surface area (Å²) in [6, 6.07) is 0. The van der Waals surface area contributed by atoms with Crippen molar-refractivity contribution < 1.29 is 5.11 Å². The van der Waals surface area contributed by atoms with Crippen molar-refractivity contribution in [3.63, 3.8) is 0 Å². The Labute approximate surface area is 94.3 Å². The van der Waals surface area contributed by atoms with E-state index in [1.807, 2.05) is 0 Å². The molecule has 2 rings (SSSR count). The van der Waals surface area contributed by atoms with Crippen LogP contribution in [-0.2, 0) is 0 Å². The molecule has 0 bridgehead atoms. The van der Waals surface area contributed by atoms with Crippen LogP contribution in [0.1, 0.15) is 36.8 Å². The van der Waals surface area contributed by atoms with E-state index in [2.05, 4.69) is 15.3 Å². The first-order valence-corrected chi connectivity index (χ1v) is 5.84. The van der Waals surface area contributed by atoms with E-state index in [0.29, 0.717) is 11.6 Å². The van der Waals surface area contributed by atoms with Crippen molar-refractivity contribution in [3.05, 3.63) is 21.9 Å². The number of H-pyrrole nitrogens is 2. The molecule has 90 valence electrons. The van der Waals surface area contributed by atoms with Gasteiger partial charge < -0.3 is 20.4 Å². The summed E-state index contributed by atoms with van der Waals surface area (Å²) in [4.78, 5) is 16.4. The van der Waals surface area contributed by atoms with Crippen LogP contribution in [0.5, 0.6) is 0 Å². The van der Waals surface area contributed by atoms with Crippen LogP contribution in [0.4, 0.5) is 0 Å². The lowest BCUT2D eigenvalue weighted by Crippen LogP contribution is -2.28. The van der Waals surface area contributed by atoms with Gasteiger partial charge in [-0.25, -0.2) is 4.79 Å². The van der Waals surface area contributed by atoms with Gasteiger partial charge in [-0.1, -0.05) is 0 Å². The zero-order chi connectivity index (χ0) is 11.5. The van der Waals surface area contributed by atoms with E-state index in [4.69, 9.17) is 0 Å². The van der Waals surface area contributed by atoms with Gasteiger partial charge in [0.25, 0.3) is 0 Å². The second-order valence-corrected chi connectivity index (χ2v) is 4.56. The molecule has 1 fully saturated rings. The summed E-state index contributed by atoms with van der Waals surface area (Å²) in [6.07, 6.45) is 2.38. The summed E-state index contributed by atoms with van der Waals surface area (Å²) < 4.78 is 0. The number of hydrogen-bond acceptors (Lipinski definition) is 3. The molecule has 0 aliphatic carbocycles. The SMILES string of the molecule is Cc1[nH]c(=O)[nH]c1C(O)CC1CCNCC1. The Hall–Kier alpha value is -1.07. The molecule has 1 saturated heterocycles. The van der Waals surface area contributed by atoms with Gasteiger partial charge in [0, 0.05) is 5.69 Å². The number of imidazole rings is 1. The Morgan fingerprint density at radius 2 is 2.06 bits per heavy atom. The van der Waals surface area contributed by atoms with E-state index >= 15 is 0 Å². The zero-order valence-corrected chi connectivity index (χ0v) is 9.55. The van der Waals surface area contributed by atoms with Crippen molar-refractivity contribution in [1.29, 1.82) is 0 Å². The van der Waals surface area contributed by atoms with Gasteiger partial charge in [-0.3, -0.25) is 0 Å². The number of nitrogens with one attached hydrogen (secondary N) is 3. The van der Waals surface area contributed by atoms with E-state index in [1.54, 1.807) is 6.92 Å². The number of aromatic amines is 2. The van der Waals surface area contributed by atoms with Crippen molar-refractivity contribution in [2.45, 2.75) is 32.3 Å². The van der Waals surface area contributed by atoms with Gasteiger partial charge in [-0.15, -0.1) is 0 Å². The molecule has 0 saturated carbocycles. The first-order chi connectivity index (χ1) is 7.66. The highest BCUT2D eigenvalue weighted by molar-refractivity contribution is 5.12. The lowest BCUT2D eigenvalue weighted by Gasteiger charge is -2.24. The number of piperidine rings is 1. The summed E-state index contributed by atoms with van der Waals surface area (Å²) in [6.45, 7) is 3.86. The standard InChI is InChI=1S/C11H19N3O2/c1-7-10(14-11(16)13-7)9(15)6-8-2-4-12-5-3-8/h8-9,12,15H,2-6H2,1H3,(H2,13,14,16). The van der Waals surface area contributed by atoms with Crippen LogP contribution >= 0.6 is 0 Å². The molecule has 5 heteroatoms. The molecule has 0 spiro atoms. The van der Waals surface area contributed by atoms with Crippen LogP contribution in [0.25, 0.3) is 0 Å². The Balaban J connectivity index is 1.99. The number of rotatable bonds is 3. The third kappa shape index (κ3) is 2.54. The number of hydrogen-bond donors (Lipinski definition) is 4. The van der Waals surface area contributed by atoms with Crippen molar-refractivity contribution in [3.8, 4) is 0 Å². The Morgan fingerprint density at radius 3 is 2.62 bits per heavy atom. The summed E-state index contributed by atoms with van der Waals surface area (Å²) in [5, 5.41) is 13.4. The Kier molecular flexibility index (Phi) is 3.46. The Morgan fingerprint density at radius 1 is 1.38 bits per heavy atom. The number of aromatic nitrogens is 2. The predicted octanol–water partition coefficient (Wildman–Crippen LogP) is 0.435. The van der Waals surface area contributed by atoms with Crippen molar-refractivity contribution in [2.24, 2.45) is 5.92 Å². The molecule has 1 aromatic heterocycles.